The third kappa shape index (κ3) is 3.32. The van der Waals surface area contributed by atoms with Crippen molar-refractivity contribution in [1.82, 2.24) is 0 Å². The highest BCUT2D eigenvalue weighted by atomic mass is 17.2. The summed E-state index contributed by atoms with van der Waals surface area (Å²) in [7, 11) is 2.98. The average molecular weight is 336 g/mol. The second kappa shape index (κ2) is 7.19. The molecule has 1 aromatic rings. The third-order valence-corrected chi connectivity index (χ3v) is 4.79. The molecule has 0 bridgehead atoms. The van der Waals surface area contributed by atoms with Crippen molar-refractivity contribution in [3.05, 3.63) is 35.4 Å². The summed E-state index contributed by atoms with van der Waals surface area (Å²) in [5, 5.41) is 0. The number of benzene rings is 1. The van der Waals surface area contributed by atoms with Crippen molar-refractivity contribution in [1.29, 1.82) is 0 Å². The fourth-order valence-corrected chi connectivity index (χ4v) is 3.57. The SMILES string of the molecule is COC(=O)c1ccc([C@H]2OOC3(CCC[C@@H](C)C3)[C@@H](OC)O2)cc1. The van der Waals surface area contributed by atoms with E-state index < -0.39 is 18.2 Å². The van der Waals surface area contributed by atoms with E-state index >= 15 is 0 Å². The molecule has 3 rings (SSSR count). The van der Waals surface area contributed by atoms with Crippen LogP contribution in [0.3, 0.4) is 0 Å². The lowest BCUT2D eigenvalue weighted by atomic mass is 9.78. The third-order valence-electron chi connectivity index (χ3n) is 4.79. The van der Waals surface area contributed by atoms with Gasteiger partial charge in [-0.25, -0.2) is 9.68 Å². The second-order valence-electron chi connectivity index (χ2n) is 6.60. The predicted octanol–water partition coefficient (Wildman–Crippen LogP) is 3.37. The molecule has 0 amide bonds. The summed E-state index contributed by atoms with van der Waals surface area (Å²) < 4.78 is 16.3. The minimum absolute atomic E-state index is 0.381. The van der Waals surface area contributed by atoms with Gasteiger partial charge in [0.2, 0.25) is 6.29 Å². The van der Waals surface area contributed by atoms with Crippen LogP contribution >= 0.6 is 0 Å². The summed E-state index contributed by atoms with van der Waals surface area (Å²) in [6.07, 6.45) is 2.76. The number of hydrogen-bond acceptors (Lipinski definition) is 6. The summed E-state index contributed by atoms with van der Waals surface area (Å²) in [4.78, 5) is 22.9. The molecule has 0 radical (unpaired) electrons. The van der Waals surface area contributed by atoms with Crippen molar-refractivity contribution in [2.45, 2.75) is 50.8 Å². The van der Waals surface area contributed by atoms with E-state index in [9.17, 15) is 4.79 Å². The standard InChI is InChI=1S/C18H24O6/c1-12-5-4-10-18(11-12)17(21-3)22-16(23-24-18)14-8-6-13(7-9-14)15(19)20-2/h6-9,12,16-17H,4-5,10-11H2,1-3H3/t12-,16-,17+,18?/m1/s1. The summed E-state index contributed by atoms with van der Waals surface area (Å²) >= 11 is 0. The highest BCUT2D eigenvalue weighted by Crippen LogP contribution is 2.44. The maximum Gasteiger partial charge on any atom is 0.337 e. The fourth-order valence-electron chi connectivity index (χ4n) is 3.57. The molecule has 1 aliphatic heterocycles. The first-order valence-corrected chi connectivity index (χ1v) is 8.29. The van der Waals surface area contributed by atoms with Crippen LogP contribution in [0.5, 0.6) is 0 Å². The Bertz CT molecular complexity index is 571. The van der Waals surface area contributed by atoms with Gasteiger partial charge in [0.25, 0.3) is 0 Å². The van der Waals surface area contributed by atoms with Crippen LogP contribution in [-0.2, 0) is 24.0 Å². The Morgan fingerprint density at radius 1 is 1.25 bits per heavy atom. The van der Waals surface area contributed by atoms with Crippen molar-refractivity contribution in [2.24, 2.45) is 5.92 Å². The van der Waals surface area contributed by atoms with Crippen LogP contribution in [0.4, 0.5) is 0 Å². The van der Waals surface area contributed by atoms with Crippen molar-refractivity contribution in [2.75, 3.05) is 14.2 Å². The maximum absolute atomic E-state index is 11.5. The lowest BCUT2D eigenvalue weighted by molar-refractivity contribution is -0.524. The molecule has 1 unspecified atom stereocenters. The number of carbonyl (C=O) groups is 1. The van der Waals surface area contributed by atoms with Crippen LogP contribution in [0.2, 0.25) is 0 Å². The van der Waals surface area contributed by atoms with Gasteiger partial charge in [0, 0.05) is 12.7 Å². The molecule has 24 heavy (non-hydrogen) atoms. The Labute approximate surface area is 141 Å². The summed E-state index contributed by atoms with van der Waals surface area (Å²) in [5.74, 6) is 0.160. The number of rotatable bonds is 3. The largest absolute Gasteiger partial charge is 0.465 e. The topological polar surface area (TPSA) is 63.2 Å². The molecule has 6 heteroatoms. The zero-order valence-electron chi connectivity index (χ0n) is 14.3. The van der Waals surface area contributed by atoms with Gasteiger partial charge in [0.05, 0.1) is 12.7 Å². The molecule has 1 spiro atoms. The van der Waals surface area contributed by atoms with Crippen LogP contribution in [0.25, 0.3) is 0 Å². The van der Waals surface area contributed by atoms with Gasteiger partial charge in [0.15, 0.2) is 11.9 Å². The lowest BCUT2D eigenvalue weighted by Gasteiger charge is -2.47. The van der Waals surface area contributed by atoms with Gasteiger partial charge in [0.1, 0.15) is 0 Å². The van der Waals surface area contributed by atoms with E-state index in [0.717, 1.165) is 24.8 Å². The molecular formula is C18H24O6. The van der Waals surface area contributed by atoms with Gasteiger partial charge in [-0.1, -0.05) is 25.5 Å². The molecule has 1 saturated heterocycles. The highest BCUT2D eigenvalue weighted by molar-refractivity contribution is 5.89. The zero-order chi connectivity index (χ0) is 17.2. The van der Waals surface area contributed by atoms with Gasteiger partial charge >= 0.3 is 5.97 Å². The monoisotopic (exact) mass is 336 g/mol. The van der Waals surface area contributed by atoms with Gasteiger partial charge in [-0.05, 0) is 37.3 Å². The number of hydrogen-bond donors (Lipinski definition) is 0. The van der Waals surface area contributed by atoms with Crippen LogP contribution < -0.4 is 0 Å². The van der Waals surface area contributed by atoms with Gasteiger partial charge in [-0.15, -0.1) is 0 Å². The molecule has 0 aromatic heterocycles. The summed E-state index contributed by atoms with van der Waals surface area (Å²) in [6.45, 7) is 2.20. The Morgan fingerprint density at radius 3 is 2.62 bits per heavy atom. The first-order chi connectivity index (χ1) is 11.6. The molecule has 0 N–H and O–H groups in total. The number of methoxy groups -OCH3 is 2. The van der Waals surface area contributed by atoms with Gasteiger partial charge in [-0.3, -0.25) is 0 Å². The summed E-state index contributed by atoms with van der Waals surface area (Å²) in [5.41, 5.74) is 0.678. The van der Waals surface area contributed by atoms with Crippen molar-refractivity contribution in [3.63, 3.8) is 0 Å². The molecule has 1 aliphatic carbocycles. The predicted molar refractivity (Wildman–Crippen MR) is 84.9 cm³/mol. The lowest BCUT2D eigenvalue weighted by Crippen LogP contribution is -2.54. The first kappa shape index (κ1) is 17.4. The van der Waals surface area contributed by atoms with Crippen LogP contribution in [0, 0.1) is 5.92 Å². The molecule has 132 valence electrons. The van der Waals surface area contributed by atoms with Crippen molar-refractivity contribution >= 4 is 5.97 Å². The average Bonchev–Trinajstić information content (AvgIpc) is 2.61. The first-order valence-electron chi connectivity index (χ1n) is 8.29. The minimum Gasteiger partial charge on any atom is -0.465 e. The molecular weight excluding hydrogens is 312 g/mol. The molecule has 2 aliphatic rings. The fraction of sp³-hybridized carbons (Fsp3) is 0.611. The minimum atomic E-state index is -0.690. The molecule has 2 fully saturated rings. The second-order valence-corrected chi connectivity index (χ2v) is 6.60. The van der Waals surface area contributed by atoms with Crippen LogP contribution in [-0.4, -0.2) is 32.1 Å². The molecule has 1 aromatic carbocycles. The van der Waals surface area contributed by atoms with Crippen molar-refractivity contribution < 1.29 is 28.8 Å². The van der Waals surface area contributed by atoms with E-state index in [1.807, 2.05) is 0 Å². The van der Waals surface area contributed by atoms with E-state index in [1.54, 1.807) is 31.4 Å². The van der Waals surface area contributed by atoms with E-state index in [0.29, 0.717) is 11.5 Å². The molecule has 1 heterocycles. The summed E-state index contributed by atoms with van der Waals surface area (Å²) in [6, 6.07) is 6.86. The Morgan fingerprint density at radius 2 is 2.00 bits per heavy atom. The highest BCUT2D eigenvalue weighted by Gasteiger charge is 2.50. The van der Waals surface area contributed by atoms with Crippen LogP contribution in [0.15, 0.2) is 24.3 Å². The van der Waals surface area contributed by atoms with Crippen molar-refractivity contribution in [3.8, 4) is 0 Å². The zero-order valence-corrected chi connectivity index (χ0v) is 14.3. The Kier molecular flexibility index (Phi) is 5.20. The van der Waals surface area contributed by atoms with E-state index in [-0.39, 0.29) is 5.97 Å². The maximum atomic E-state index is 11.5. The van der Waals surface area contributed by atoms with E-state index in [2.05, 4.69) is 6.92 Å². The quantitative estimate of drug-likeness (QED) is 0.623. The van der Waals surface area contributed by atoms with Gasteiger partial charge in [-0.2, -0.15) is 4.89 Å². The number of carbonyl (C=O) groups excluding carboxylic acids is 1. The Hall–Kier alpha value is -1.47. The Balaban J connectivity index is 1.72. The smallest absolute Gasteiger partial charge is 0.337 e. The van der Waals surface area contributed by atoms with Gasteiger partial charge < -0.3 is 14.2 Å². The van der Waals surface area contributed by atoms with E-state index in [4.69, 9.17) is 24.0 Å². The molecule has 4 atom stereocenters. The number of esters is 1. The number of ether oxygens (including phenoxy) is 3. The normalized spacial score (nSPS) is 33.4. The van der Waals surface area contributed by atoms with E-state index in [1.165, 1.54) is 13.5 Å². The molecule has 6 nitrogen and oxygen atoms in total. The molecule has 1 saturated carbocycles. The van der Waals surface area contributed by atoms with Crippen LogP contribution in [0.1, 0.15) is 54.8 Å².